The molecule has 0 saturated heterocycles. The molecule has 0 aromatic heterocycles. The van der Waals surface area contributed by atoms with Crippen LogP contribution in [0.3, 0.4) is 0 Å². The van der Waals surface area contributed by atoms with Crippen molar-refractivity contribution in [2.24, 2.45) is 0 Å². The highest BCUT2D eigenvalue weighted by atomic mass is 35.5. The average Bonchev–Trinajstić information content (AvgIpc) is 2.23. The van der Waals surface area contributed by atoms with Gasteiger partial charge in [0, 0.05) is 18.5 Å². The Labute approximate surface area is 99.6 Å². The van der Waals surface area contributed by atoms with Gasteiger partial charge < -0.3 is 5.32 Å². The van der Waals surface area contributed by atoms with E-state index >= 15 is 0 Å². The predicted octanol–water partition coefficient (Wildman–Crippen LogP) is 3.59. The fraction of sp³-hybridized carbons (Fsp3) is 0.455. The van der Waals surface area contributed by atoms with Gasteiger partial charge in [-0.15, -0.1) is 11.6 Å². The van der Waals surface area contributed by atoms with E-state index in [2.05, 4.69) is 5.32 Å². The van der Waals surface area contributed by atoms with E-state index in [0.717, 1.165) is 18.5 Å². The normalized spacial score (nSPS) is 12.8. The SMILES string of the molecule is CCC(Cl)CNCc1ccc(F)c(Cl)c1. The van der Waals surface area contributed by atoms with Gasteiger partial charge in [-0.1, -0.05) is 24.6 Å². The molecule has 0 spiro atoms. The van der Waals surface area contributed by atoms with E-state index < -0.39 is 0 Å². The van der Waals surface area contributed by atoms with Crippen LogP contribution in [0.25, 0.3) is 0 Å². The predicted molar refractivity (Wildman–Crippen MR) is 63.0 cm³/mol. The van der Waals surface area contributed by atoms with Crippen molar-refractivity contribution in [2.45, 2.75) is 25.3 Å². The molecule has 0 saturated carbocycles. The number of nitrogens with one attached hydrogen (secondary N) is 1. The first kappa shape index (κ1) is 12.8. The van der Waals surface area contributed by atoms with Crippen molar-refractivity contribution in [3.8, 4) is 0 Å². The Bertz CT molecular complexity index is 317. The zero-order valence-electron chi connectivity index (χ0n) is 8.56. The smallest absolute Gasteiger partial charge is 0.141 e. The van der Waals surface area contributed by atoms with Crippen LogP contribution in [0.1, 0.15) is 18.9 Å². The summed E-state index contributed by atoms with van der Waals surface area (Å²) in [4.78, 5) is 0. The number of benzene rings is 1. The first-order valence-corrected chi connectivity index (χ1v) is 5.73. The first-order valence-electron chi connectivity index (χ1n) is 4.92. The highest BCUT2D eigenvalue weighted by molar-refractivity contribution is 6.30. The molecule has 4 heteroatoms. The Hall–Kier alpha value is -0.310. The molecule has 0 fully saturated rings. The minimum atomic E-state index is -0.385. The van der Waals surface area contributed by atoms with Crippen molar-refractivity contribution in [3.05, 3.63) is 34.6 Å². The molecule has 1 aromatic carbocycles. The monoisotopic (exact) mass is 249 g/mol. The van der Waals surface area contributed by atoms with Crippen LogP contribution >= 0.6 is 23.2 Å². The molecule has 1 rings (SSSR count). The summed E-state index contributed by atoms with van der Waals surface area (Å²) in [7, 11) is 0. The third-order valence-electron chi connectivity index (χ3n) is 2.12. The molecule has 0 amide bonds. The summed E-state index contributed by atoms with van der Waals surface area (Å²) in [6, 6.07) is 4.71. The second-order valence-electron chi connectivity index (χ2n) is 3.38. The van der Waals surface area contributed by atoms with Crippen LogP contribution in [-0.4, -0.2) is 11.9 Å². The Morgan fingerprint density at radius 2 is 2.20 bits per heavy atom. The number of alkyl halides is 1. The zero-order chi connectivity index (χ0) is 11.3. The van der Waals surface area contributed by atoms with Crippen molar-refractivity contribution in [1.82, 2.24) is 5.32 Å². The molecule has 0 radical (unpaired) electrons. The van der Waals surface area contributed by atoms with E-state index in [1.165, 1.54) is 6.07 Å². The highest BCUT2D eigenvalue weighted by Gasteiger charge is 2.02. The molecule has 0 aliphatic carbocycles. The third kappa shape index (κ3) is 4.37. The van der Waals surface area contributed by atoms with Gasteiger partial charge >= 0.3 is 0 Å². The Balaban J connectivity index is 2.41. The molecule has 0 aliphatic rings. The van der Waals surface area contributed by atoms with E-state index in [-0.39, 0.29) is 16.2 Å². The van der Waals surface area contributed by atoms with Gasteiger partial charge in [0.1, 0.15) is 5.82 Å². The molecule has 1 unspecified atom stereocenters. The summed E-state index contributed by atoms with van der Waals surface area (Å²) in [5.41, 5.74) is 0.960. The molecule has 15 heavy (non-hydrogen) atoms. The summed E-state index contributed by atoms with van der Waals surface area (Å²) >= 11 is 11.6. The first-order chi connectivity index (χ1) is 7.13. The lowest BCUT2D eigenvalue weighted by molar-refractivity contribution is 0.622. The summed E-state index contributed by atoms with van der Waals surface area (Å²) < 4.78 is 12.8. The number of hydrogen-bond acceptors (Lipinski definition) is 1. The topological polar surface area (TPSA) is 12.0 Å². The van der Waals surface area contributed by atoms with Crippen LogP contribution in [0.2, 0.25) is 5.02 Å². The van der Waals surface area contributed by atoms with Crippen molar-refractivity contribution < 1.29 is 4.39 Å². The molecule has 1 N–H and O–H groups in total. The lowest BCUT2D eigenvalue weighted by atomic mass is 10.2. The van der Waals surface area contributed by atoms with Gasteiger partial charge in [0.05, 0.1) is 5.02 Å². The van der Waals surface area contributed by atoms with Crippen LogP contribution in [0, 0.1) is 5.82 Å². The molecule has 0 aliphatic heterocycles. The summed E-state index contributed by atoms with van der Waals surface area (Å²) in [6.07, 6.45) is 0.929. The fourth-order valence-corrected chi connectivity index (χ4v) is 1.48. The van der Waals surface area contributed by atoms with Gasteiger partial charge in [0.25, 0.3) is 0 Å². The van der Waals surface area contributed by atoms with Crippen LogP contribution in [0.15, 0.2) is 18.2 Å². The van der Waals surface area contributed by atoms with Crippen LogP contribution in [-0.2, 0) is 6.54 Å². The molecule has 0 heterocycles. The lowest BCUT2D eigenvalue weighted by Gasteiger charge is -2.08. The minimum absolute atomic E-state index is 0.140. The molecular weight excluding hydrogens is 236 g/mol. The van der Waals surface area contributed by atoms with Crippen LogP contribution in [0.4, 0.5) is 4.39 Å². The summed E-state index contributed by atoms with van der Waals surface area (Å²) in [5.74, 6) is -0.385. The van der Waals surface area contributed by atoms with Crippen LogP contribution in [0.5, 0.6) is 0 Å². The van der Waals surface area contributed by atoms with E-state index in [9.17, 15) is 4.39 Å². The number of hydrogen-bond donors (Lipinski definition) is 1. The third-order valence-corrected chi connectivity index (χ3v) is 2.87. The van der Waals surface area contributed by atoms with Gasteiger partial charge in [-0.05, 0) is 24.1 Å². The van der Waals surface area contributed by atoms with Gasteiger partial charge in [0.2, 0.25) is 0 Å². The maximum Gasteiger partial charge on any atom is 0.141 e. The quantitative estimate of drug-likeness (QED) is 0.787. The summed E-state index contributed by atoms with van der Waals surface area (Å²) in [6.45, 7) is 3.43. The van der Waals surface area contributed by atoms with Gasteiger partial charge in [-0.2, -0.15) is 0 Å². The Morgan fingerprint density at radius 1 is 1.47 bits per heavy atom. The van der Waals surface area contributed by atoms with Crippen molar-refractivity contribution in [2.75, 3.05) is 6.54 Å². The average molecular weight is 250 g/mol. The largest absolute Gasteiger partial charge is 0.311 e. The van der Waals surface area contributed by atoms with Crippen LogP contribution < -0.4 is 5.32 Å². The van der Waals surface area contributed by atoms with E-state index in [1.54, 1.807) is 12.1 Å². The summed E-state index contributed by atoms with van der Waals surface area (Å²) in [5, 5.41) is 3.49. The van der Waals surface area contributed by atoms with Gasteiger partial charge in [-0.3, -0.25) is 0 Å². The molecule has 0 bridgehead atoms. The maximum atomic E-state index is 12.8. The molecule has 1 nitrogen and oxygen atoms in total. The Morgan fingerprint density at radius 3 is 2.80 bits per heavy atom. The number of halogens is 3. The lowest BCUT2D eigenvalue weighted by Crippen LogP contribution is -2.22. The van der Waals surface area contributed by atoms with Crippen molar-refractivity contribution in [1.29, 1.82) is 0 Å². The minimum Gasteiger partial charge on any atom is -0.311 e. The number of rotatable bonds is 5. The molecule has 1 aromatic rings. The van der Waals surface area contributed by atoms with Gasteiger partial charge in [-0.25, -0.2) is 4.39 Å². The molecule has 84 valence electrons. The maximum absolute atomic E-state index is 12.8. The molecular formula is C11H14Cl2FN. The van der Waals surface area contributed by atoms with Crippen molar-refractivity contribution in [3.63, 3.8) is 0 Å². The van der Waals surface area contributed by atoms with E-state index in [1.807, 2.05) is 6.92 Å². The second kappa shape index (κ2) is 6.31. The van der Waals surface area contributed by atoms with E-state index in [4.69, 9.17) is 23.2 Å². The zero-order valence-corrected chi connectivity index (χ0v) is 10.1. The van der Waals surface area contributed by atoms with Gasteiger partial charge in [0.15, 0.2) is 0 Å². The Kier molecular flexibility index (Phi) is 5.37. The standard InChI is InChI=1S/C11H14Cl2FN/c1-2-9(12)7-15-6-8-3-4-11(14)10(13)5-8/h3-5,9,15H,2,6-7H2,1H3. The van der Waals surface area contributed by atoms with Crippen molar-refractivity contribution >= 4 is 23.2 Å². The molecule has 1 atom stereocenters. The highest BCUT2D eigenvalue weighted by Crippen LogP contribution is 2.15. The fourth-order valence-electron chi connectivity index (χ4n) is 1.17. The van der Waals surface area contributed by atoms with E-state index in [0.29, 0.717) is 6.54 Å². The second-order valence-corrected chi connectivity index (χ2v) is 4.41.